The standard InChI is InChI=1S/C54H36O.C51H33N5.C19H16N.C9H7NO.Ir.Li.H2/c1-3-12-37(13-4-1)43-16-7-18-45(34-43)39-26-30-41(31-27-39)49-22-10-24-51-52-25-11-23-50(54(52)55-53(49)51)42-32-28-40(29-33-42)46-19-9-21-48(36-46)47-20-8-17-44(35-47)38-14-5-2-6-15-38;1-4-16-34(17-5-1)37-22-14-23-38(32-37)39-24-15-25-40(33-39)55-45-28-12-10-26-41(45)43-30-31-44-42-27-11-13-29-46(42)56(48(44)47(43)55)51-53-49(35-18-6-2-7-19-35)52-50(54-51)36-20-8-3-9-21-36;1-14-9-10-15(2)18(12-14)16-6-5-7-17(13-16)19-8-3-4-11-20-19;11-8-5-1-3-7-4-2-6-10-9(7)8;;;/h1-36H;1-33H;3-6,8-13H,1-2H3;1-6,11H;;;1H/q;;-1;;;+1;/i;;;;;;1+1. The third kappa shape index (κ3) is 19.0. The monoisotopic (exact) mass is 2020 g/mol. The summed E-state index contributed by atoms with van der Waals surface area (Å²) < 4.78 is 11.5. The molecule has 0 spiro atoms. The third-order valence-corrected chi connectivity index (χ3v) is 26.6. The zero-order valence-corrected chi connectivity index (χ0v) is 81.8. The zero-order valence-electron chi connectivity index (χ0n) is 79.4. The SMILES string of the molecule is Cc1ccc(C)c(-c2cc[c-]c(-c3ccccn3)c2)c1.[2HH].[Ir].[Li+].[O-]c1cccc2ccc[nH+]c12.c1ccc(-c2cccc(-c3ccc(-c4cccc5c4oc4c(-c6ccc(-c7cccc(-c8cccc(-c9ccccc9)c8)c7)cc6)cccc45)cc3)c2)cc1.c1ccc(-c2cccc(-c3cccc(-n4c5ccccc5c5ccc6c7ccccc7n(-c7nc(-c8ccccc8)nc(-c8ccccc8)n7)c6c54)c3)c2)cc1. The topological polar surface area (TPSA) is 112 Å². The molecule has 0 bridgehead atoms. The minimum absolute atomic E-state index is 0. The Morgan fingerprint density at radius 1 is 0.292 bits per heavy atom. The van der Waals surface area contributed by atoms with E-state index in [9.17, 15) is 5.11 Å². The minimum Gasteiger partial charge on any atom is -0.868 e. The molecule has 0 aliphatic heterocycles. The summed E-state index contributed by atoms with van der Waals surface area (Å²) in [7, 11) is 0. The van der Waals surface area contributed by atoms with Crippen LogP contribution in [0.1, 0.15) is 12.6 Å². The van der Waals surface area contributed by atoms with Crippen LogP contribution in [-0.4, -0.2) is 29.1 Å². The van der Waals surface area contributed by atoms with Crippen LogP contribution >= 0.6 is 0 Å². The van der Waals surface area contributed by atoms with Gasteiger partial charge in [-0.15, -0.1) is 35.4 Å². The Morgan fingerprint density at radius 2 is 0.681 bits per heavy atom. The maximum absolute atomic E-state index is 11.1. The van der Waals surface area contributed by atoms with Gasteiger partial charge in [-0.05, 0) is 192 Å². The molecule has 1 radical (unpaired) electrons. The Kier molecular flexibility index (Phi) is 26.9. The second kappa shape index (κ2) is 41.8. The fourth-order valence-electron chi connectivity index (χ4n) is 19.5. The molecule has 26 rings (SSSR count). The van der Waals surface area contributed by atoms with Gasteiger partial charge in [0, 0.05) is 99.4 Å². The molecule has 26 aromatic rings. The number of hydrogen-bond donors (Lipinski definition) is 0. The molecule has 11 heteroatoms. The van der Waals surface area contributed by atoms with Crippen molar-refractivity contribution in [2.45, 2.75) is 13.8 Å². The van der Waals surface area contributed by atoms with Gasteiger partial charge >= 0.3 is 18.9 Å². The second-order valence-corrected chi connectivity index (χ2v) is 35.6. The molecule has 0 atom stereocenters. The van der Waals surface area contributed by atoms with Gasteiger partial charge < -0.3 is 19.1 Å². The molecule has 0 aliphatic rings. The first-order chi connectivity index (χ1) is 70.1. The summed E-state index contributed by atoms with van der Waals surface area (Å²) in [5.41, 5.74) is 38.0. The van der Waals surface area contributed by atoms with Gasteiger partial charge in [-0.2, -0.15) is 9.97 Å². The van der Waals surface area contributed by atoms with Crippen LogP contribution in [0.4, 0.5) is 0 Å². The summed E-state index contributed by atoms with van der Waals surface area (Å²) in [6.45, 7) is 4.27. The maximum Gasteiger partial charge on any atom is 1.00 e. The summed E-state index contributed by atoms with van der Waals surface area (Å²) in [4.78, 5) is 22.8. The number of hydrogen-bond acceptors (Lipinski definition) is 6. The van der Waals surface area contributed by atoms with Crippen molar-refractivity contribution in [3.05, 3.63) is 533 Å². The molecular weight excluding hydrogens is 1930 g/mol. The van der Waals surface area contributed by atoms with Crippen molar-refractivity contribution in [2.24, 2.45) is 0 Å². The van der Waals surface area contributed by atoms with Gasteiger partial charge in [-0.3, -0.25) is 4.57 Å². The number of aromatic nitrogens is 7. The van der Waals surface area contributed by atoms with Crippen molar-refractivity contribution in [2.75, 3.05) is 0 Å². The quantitative estimate of drug-likeness (QED) is 0.0747. The van der Waals surface area contributed by atoms with Gasteiger partial charge in [0.25, 0.3) is 0 Å². The molecule has 0 fully saturated rings. The average Bonchev–Trinajstić information content (AvgIpc) is 1.54. The number of nitrogens with one attached hydrogen (secondary N) is 1. The molecule has 0 unspecified atom stereocenters. The van der Waals surface area contributed by atoms with Crippen LogP contribution in [0.5, 0.6) is 5.75 Å². The van der Waals surface area contributed by atoms with E-state index >= 15 is 0 Å². The normalized spacial score (nSPS) is 11.0. The van der Waals surface area contributed by atoms with E-state index in [4.69, 9.17) is 19.4 Å². The molecule has 0 aliphatic carbocycles. The number of aromatic amines is 1. The molecular formula is C133H94IrLiN7O2. The van der Waals surface area contributed by atoms with Crippen LogP contribution in [-0.2, 0) is 20.1 Å². The van der Waals surface area contributed by atoms with Crippen molar-refractivity contribution < 1.29 is 54.9 Å². The summed E-state index contributed by atoms with van der Waals surface area (Å²) in [6, 6.07) is 180. The van der Waals surface area contributed by atoms with Crippen molar-refractivity contribution in [1.29, 1.82) is 0 Å². The van der Waals surface area contributed by atoms with Crippen LogP contribution in [0.2, 0.25) is 0 Å². The first kappa shape index (κ1) is 92.8. The number of pyridine rings is 2. The molecule has 6 aromatic heterocycles. The molecule has 1 N–H and O–H groups in total. The summed E-state index contributed by atoms with van der Waals surface area (Å²) in [5, 5.41) is 19.0. The minimum atomic E-state index is 0. The molecule has 9 nitrogen and oxygen atoms in total. The molecule has 20 aromatic carbocycles. The van der Waals surface area contributed by atoms with Crippen LogP contribution in [0.25, 0.3) is 233 Å². The maximum atomic E-state index is 11.1. The van der Waals surface area contributed by atoms with E-state index in [0.29, 0.717) is 23.1 Å². The van der Waals surface area contributed by atoms with Gasteiger partial charge in [0.1, 0.15) is 11.2 Å². The molecule has 144 heavy (non-hydrogen) atoms. The fourth-order valence-corrected chi connectivity index (χ4v) is 19.5. The molecule has 6 heterocycles. The van der Waals surface area contributed by atoms with E-state index in [1.165, 1.54) is 100.0 Å². The van der Waals surface area contributed by atoms with Crippen LogP contribution in [0.15, 0.2) is 520 Å². The van der Waals surface area contributed by atoms with Crippen LogP contribution < -0.4 is 29.0 Å². The zero-order chi connectivity index (χ0) is 95.2. The van der Waals surface area contributed by atoms with Crippen LogP contribution in [0, 0.1) is 19.9 Å². The van der Waals surface area contributed by atoms with Gasteiger partial charge in [0.05, 0.1) is 22.1 Å². The van der Waals surface area contributed by atoms with E-state index in [1.807, 2.05) is 85.1 Å². The van der Waals surface area contributed by atoms with E-state index in [1.54, 1.807) is 18.3 Å². The average molecular weight is 2020 g/mol. The van der Waals surface area contributed by atoms with E-state index in [-0.39, 0.29) is 46.1 Å². The van der Waals surface area contributed by atoms with Gasteiger partial charge in [-0.25, -0.2) is 9.97 Å². The predicted molar refractivity (Wildman–Crippen MR) is 588 cm³/mol. The van der Waals surface area contributed by atoms with Crippen molar-refractivity contribution >= 4 is 76.5 Å². The summed E-state index contributed by atoms with van der Waals surface area (Å²) >= 11 is 0. The number of para-hydroxylation sites is 5. The first-order valence-electron chi connectivity index (χ1n) is 47.9. The van der Waals surface area contributed by atoms with Crippen molar-refractivity contribution in [3.63, 3.8) is 0 Å². The van der Waals surface area contributed by atoms with Gasteiger partial charge in [0.15, 0.2) is 17.8 Å². The number of nitrogens with zero attached hydrogens (tertiary/aromatic N) is 6. The Labute approximate surface area is 863 Å². The largest absolute Gasteiger partial charge is 1.00 e. The Hall–Kier alpha value is -17.6. The smallest absolute Gasteiger partial charge is 0.868 e. The van der Waals surface area contributed by atoms with Crippen LogP contribution in [0.3, 0.4) is 0 Å². The molecule has 0 amide bonds. The van der Waals surface area contributed by atoms with E-state index < -0.39 is 0 Å². The number of furan rings is 1. The second-order valence-electron chi connectivity index (χ2n) is 35.6. The number of rotatable bonds is 15. The molecule has 0 saturated carbocycles. The summed E-state index contributed by atoms with van der Waals surface area (Å²) in [6.07, 6.45) is 3.57. The summed E-state index contributed by atoms with van der Waals surface area (Å²) in [5.74, 6) is 1.86. The van der Waals surface area contributed by atoms with Gasteiger partial charge in [0.2, 0.25) is 11.5 Å². The molecule has 0 saturated heterocycles. The predicted octanol–water partition coefficient (Wildman–Crippen LogP) is 30.8. The number of H-pyrrole nitrogens is 1. The van der Waals surface area contributed by atoms with E-state index in [2.05, 4.69) is 452 Å². The Balaban J connectivity index is 0.000000134. The number of aryl methyl sites for hydroxylation is 2. The van der Waals surface area contributed by atoms with E-state index in [0.717, 1.165) is 121 Å². The Morgan fingerprint density at radius 3 is 1.16 bits per heavy atom. The number of fused-ring (bicyclic) bond motifs is 11. The first-order valence-corrected chi connectivity index (χ1v) is 47.9. The van der Waals surface area contributed by atoms with Crippen molar-refractivity contribution in [3.8, 4) is 163 Å². The third-order valence-electron chi connectivity index (χ3n) is 26.6. The molecule has 683 valence electrons. The van der Waals surface area contributed by atoms with Gasteiger partial charge in [-0.1, -0.05) is 418 Å². The van der Waals surface area contributed by atoms with Crippen molar-refractivity contribution in [1.82, 2.24) is 29.1 Å². The number of benzene rings is 20. The fraction of sp³-hybridized carbons (Fsp3) is 0.0150. The Bertz CT molecular complexity index is 9060.